The zero-order valence-corrected chi connectivity index (χ0v) is 16.3. The van der Waals surface area contributed by atoms with Gasteiger partial charge in [0.25, 0.3) is 11.8 Å². The van der Waals surface area contributed by atoms with Crippen molar-refractivity contribution >= 4 is 17.8 Å². The molecule has 150 valence electrons. The summed E-state index contributed by atoms with van der Waals surface area (Å²) in [5.74, 6) is -0.0215. The molecule has 1 heterocycles. The molecule has 1 aliphatic heterocycles. The first kappa shape index (κ1) is 19.4. The highest BCUT2D eigenvalue weighted by molar-refractivity contribution is 6.21. The van der Waals surface area contributed by atoms with Crippen LogP contribution in [0.15, 0.2) is 72.8 Å². The van der Waals surface area contributed by atoms with E-state index in [0.717, 1.165) is 5.56 Å². The molecule has 3 aromatic carbocycles. The van der Waals surface area contributed by atoms with Crippen LogP contribution < -0.4 is 9.47 Å². The van der Waals surface area contributed by atoms with Crippen molar-refractivity contribution < 1.29 is 23.9 Å². The van der Waals surface area contributed by atoms with Crippen molar-refractivity contribution in [2.24, 2.45) is 0 Å². The van der Waals surface area contributed by atoms with E-state index in [4.69, 9.17) is 9.47 Å². The molecule has 0 aromatic heterocycles. The number of methoxy groups -OCH3 is 1. The van der Waals surface area contributed by atoms with Crippen LogP contribution in [-0.4, -0.2) is 36.3 Å². The molecule has 0 spiro atoms. The summed E-state index contributed by atoms with van der Waals surface area (Å²) in [5, 5.41) is 0. The molecular formula is C24H19NO5. The molecule has 4 rings (SSSR count). The minimum absolute atomic E-state index is 0.264. The Hall–Kier alpha value is -3.93. The smallest absolute Gasteiger partial charge is 0.343 e. The minimum atomic E-state index is -0.479. The van der Waals surface area contributed by atoms with Crippen molar-refractivity contribution in [1.29, 1.82) is 0 Å². The summed E-state index contributed by atoms with van der Waals surface area (Å²) in [7, 11) is 1.53. The van der Waals surface area contributed by atoms with E-state index in [1.54, 1.807) is 60.7 Å². The highest BCUT2D eigenvalue weighted by Gasteiger charge is 2.34. The van der Waals surface area contributed by atoms with Crippen molar-refractivity contribution in [3.63, 3.8) is 0 Å². The van der Waals surface area contributed by atoms with Gasteiger partial charge in [-0.1, -0.05) is 30.3 Å². The van der Waals surface area contributed by atoms with Gasteiger partial charge in [-0.2, -0.15) is 0 Å². The molecule has 0 atom stereocenters. The molecule has 0 fully saturated rings. The highest BCUT2D eigenvalue weighted by atomic mass is 16.5. The first-order valence-corrected chi connectivity index (χ1v) is 9.47. The highest BCUT2D eigenvalue weighted by Crippen LogP contribution is 2.23. The van der Waals surface area contributed by atoms with E-state index in [1.165, 1.54) is 12.0 Å². The van der Waals surface area contributed by atoms with Crippen LogP contribution in [0.4, 0.5) is 0 Å². The quantitative estimate of drug-likeness (QED) is 0.357. The Morgan fingerprint density at radius 2 is 1.50 bits per heavy atom. The summed E-state index contributed by atoms with van der Waals surface area (Å²) < 4.78 is 10.5. The number of imide groups is 1. The van der Waals surface area contributed by atoms with E-state index in [0.29, 0.717) is 34.6 Å². The third kappa shape index (κ3) is 3.80. The Bertz CT molecular complexity index is 1090. The van der Waals surface area contributed by atoms with Crippen molar-refractivity contribution in [2.75, 3.05) is 13.7 Å². The molecule has 1 aliphatic rings. The minimum Gasteiger partial charge on any atom is -0.497 e. The molecule has 3 aromatic rings. The standard InChI is InChI=1S/C24H19NO5/c1-29-19-6-4-5-17(15-19)24(28)30-18-11-9-16(10-12-18)13-14-25-22(26)20-7-2-3-8-21(20)23(25)27/h2-12,15H,13-14H2,1H3. The Kier molecular flexibility index (Phi) is 5.30. The number of carbonyl (C=O) groups is 3. The maximum Gasteiger partial charge on any atom is 0.343 e. The van der Waals surface area contributed by atoms with Gasteiger partial charge in [0, 0.05) is 6.54 Å². The lowest BCUT2D eigenvalue weighted by molar-refractivity contribution is 0.0654. The molecule has 0 bridgehead atoms. The zero-order chi connectivity index (χ0) is 21.1. The molecule has 2 amide bonds. The van der Waals surface area contributed by atoms with E-state index < -0.39 is 5.97 Å². The summed E-state index contributed by atoms with van der Waals surface area (Å²) in [5.41, 5.74) is 2.21. The number of fused-ring (bicyclic) bond motifs is 1. The maximum absolute atomic E-state index is 12.4. The Morgan fingerprint density at radius 1 is 0.833 bits per heavy atom. The Morgan fingerprint density at radius 3 is 2.13 bits per heavy atom. The molecule has 6 nitrogen and oxygen atoms in total. The van der Waals surface area contributed by atoms with Gasteiger partial charge in [-0.3, -0.25) is 14.5 Å². The van der Waals surface area contributed by atoms with E-state index >= 15 is 0 Å². The van der Waals surface area contributed by atoms with Crippen LogP contribution in [0.25, 0.3) is 0 Å². The van der Waals surface area contributed by atoms with Gasteiger partial charge in [0.1, 0.15) is 11.5 Å². The number of hydrogen-bond acceptors (Lipinski definition) is 5. The lowest BCUT2D eigenvalue weighted by Crippen LogP contribution is -2.31. The van der Waals surface area contributed by atoms with Crippen molar-refractivity contribution in [3.8, 4) is 11.5 Å². The number of benzene rings is 3. The largest absolute Gasteiger partial charge is 0.497 e. The van der Waals surface area contributed by atoms with E-state index in [-0.39, 0.29) is 18.4 Å². The normalized spacial score (nSPS) is 12.6. The Balaban J connectivity index is 1.37. The molecule has 0 unspecified atom stereocenters. The summed E-state index contributed by atoms with van der Waals surface area (Å²) in [6.07, 6.45) is 0.510. The van der Waals surface area contributed by atoms with Gasteiger partial charge in [0.15, 0.2) is 0 Å². The van der Waals surface area contributed by atoms with Gasteiger partial charge >= 0.3 is 5.97 Å². The Labute approximate surface area is 173 Å². The second-order valence-corrected chi connectivity index (χ2v) is 6.82. The lowest BCUT2D eigenvalue weighted by atomic mass is 10.1. The van der Waals surface area contributed by atoms with Crippen LogP contribution in [0, 0.1) is 0 Å². The number of nitrogens with zero attached hydrogens (tertiary/aromatic N) is 1. The van der Waals surface area contributed by atoms with Gasteiger partial charge < -0.3 is 9.47 Å². The lowest BCUT2D eigenvalue weighted by Gasteiger charge is -2.14. The third-order valence-electron chi connectivity index (χ3n) is 4.94. The second-order valence-electron chi connectivity index (χ2n) is 6.82. The maximum atomic E-state index is 12.4. The molecule has 0 saturated heterocycles. The third-order valence-corrected chi connectivity index (χ3v) is 4.94. The number of carbonyl (C=O) groups excluding carboxylic acids is 3. The van der Waals surface area contributed by atoms with Crippen molar-refractivity contribution in [3.05, 3.63) is 95.1 Å². The number of amides is 2. The topological polar surface area (TPSA) is 72.9 Å². The molecule has 0 N–H and O–H groups in total. The van der Waals surface area contributed by atoms with Crippen molar-refractivity contribution in [1.82, 2.24) is 4.90 Å². The molecule has 6 heteroatoms. The molecule has 0 saturated carbocycles. The van der Waals surface area contributed by atoms with Crippen LogP contribution in [0.5, 0.6) is 11.5 Å². The molecule has 30 heavy (non-hydrogen) atoms. The van der Waals surface area contributed by atoms with Gasteiger partial charge in [-0.25, -0.2) is 4.79 Å². The number of hydrogen-bond donors (Lipinski definition) is 0. The van der Waals surface area contributed by atoms with E-state index in [1.807, 2.05) is 12.1 Å². The van der Waals surface area contributed by atoms with E-state index in [2.05, 4.69) is 0 Å². The average molecular weight is 401 g/mol. The zero-order valence-electron chi connectivity index (χ0n) is 16.3. The number of rotatable bonds is 6. The van der Waals surface area contributed by atoms with E-state index in [9.17, 15) is 14.4 Å². The first-order valence-electron chi connectivity index (χ1n) is 9.47. The van der Waals surface area contributed by atoms with Gasteiger partial charge in [0.2, 0.25) is 0 Å². The van der Waals surface area contributed by atoms with Crippen LogP contribution in [0.2, 0.25) is 0 Å². The summed E-state index contributed by atoms with van der Waals surface area (Å²) >= 11 is 0. The van der Waals surface area contributed by atoms with Crippen molar-refractivity contribution in [2.45, 2.75) is 6.42 Å². The predicted molar refractivity (Wildman–Crippen MR) is 110 cm³/mol. The summed E-state index contributed by atoms with van der Waals surface area (Å²) in [4.78, 5) is 38.4. The van der Waals surface area contributed by atoms with Crippen LogP contribution in [0.3, 0.4) is 0 Å². The van der Waals surface area contributed by atoms with Crippen LogP contribution >= 0.6 is 0 Å². The van der Waals surface area contributed by atoms with Gasteiger partial charge in [-0.15, -0.1) is 0 Å². The monoisotopic (exact) mass is 401 g/mol. The van der Waals surface area contributed by atoms with Crippen LogP contribution in [-0.2, 0) is 6.42 Å². The SMILES string of the molecule is COc1cccc(C(=O)Oc2ccc(CCN3C(=O)c4ccccc4C3=O)cc2)c1. The molecule has 0 aliphatic carbocycles. The number of ether oxygens (including phenoxy) is 2. The first-order chi connectivity index (χ1) is 14.6. The number of esters is 1. The predicted octanol–water partition coefficient (Wildman–Crippen LogP) is 3.75. The summed E-state index contributed by atoms with van der Waals surface area (Å²) in [6.45, 7) is 0.287. The average Bonchev–Trinajstić information content (AvgIpc) is 3.03. The fourth-order valence-corrected chi connectivity index (χ4v) is 3.32. The van der Waals surface area contributed by atoms with Crippen LogP contribution in [0.1, 0.15) is 36.6 Å². The molecular weight excluding hydrogens is 382 g/mol. The second kappa shape index (κ2) is 8.21. The summed E-state index contributed by atoms with van der Waals surface area (Å²) in [6, 6.07) is 20.6. The van der Waals surface area contributed by atoms with Gasteiger partial charge in [-0.05, 0) is 54.4 Å². The fraction of sp³-hybridized carbons (Fsp3) is 0.125. The van der Waals surface area contributed by atoms with Gasteiger partial charge in [0.05, 0.1) is 23.8 Å². The fourth-order valence-electron chi connectivity index (χ4n) is 3.32. The molecule has 0 radical (unpaired) electrons.